The van der Waals surface area contributed by atoms with Gasteiger partial charge in [0.1, 0.15) is 11.5 Å². The van der Waals surface area contributed by atoms with Gasteiger partial charge in [-0.1, -0.05) is 18.2 Å². The van der Waals surface area contributed by atoms with Crippen molar-refractivity contribution in [1.29, 1.82) is 0 Å². The molecule has 0 radical (unpaired) electrons. The molecule has 0 spiro atoms. The van der Waals surface area contributed by atoms with Gasteiger partial charge in [0.05, 0.1) is 11.4 Å². The predicted molar refractivity (Wildman–Crippen MR) is 106 cm³/mol. The Bertz CT molecular complexity index is 927. The molecule has 1 N–H and O–H groups in total. The quantitative estimate of drug-likeness (QED) is 0.762. The molecular weight excluding hydrogens is 380 g/mol. The zero-order chi connectivity index (χ0) is 20.9. The van der Waals surface area contributed by atoms with Gasteiger partial charge in [-0.15, -0.1) is 0 Å². The van der Waals surface area contributed by atoms with Gasteiger partial charge in [-0.2, -0.15) is 0 Å². The number of hydrogen-bond donors (Lipinski definition) is 1. The topological polar surface area (TPSA) is 96.7 Å². The summed E-state index contributed by atoms with van der Waals surface area (Å²) in [4.78, 5) is 26.3. The molecule has 0 unspecified atom stereocenters. The van der Waals surface area contributed by atoms with Crippen molar-refractivity contribution in [3.05, 3.63) is 54.0 Å². The molecule has 2 rings (SSSR count). The lowest BCUT2D eigenvalue weighted by Crippen LogP contribution is -2.47. The Kier molecular flexibility index (Phi) is 6.66. The number of benzene rings is 1. The number of carbonyl (C=O) groups excluding carboxylic acids is 2. The standard InChI is InChI=1S/C20H26N2O5S/c1-5-22(13-18(23)21-20(2,3)4)19(24)17-12-11-15(27-17)14-28(25,26)16-9-7-6-8-10-16/h6-12H,5,13-14H2,1-4H3,(H,21,23). The number of sulfone groups is 1. The van der Waals surface area contributed by atoms with Gasteiger partial charge < -0.3 is 14.6 Å². The van der Waals surface area contributed by atoms with E-state index in [2.05, 4.69) is 5.32 Å². The second-order valence-electron chi connectivity index (χ2n) is 7.46. The Labute approximate surface area is 165 Å². The van der Waals surface area contributed by atoms with Crippen LogP contribution in [0.2, 0.25) is 0 Å². The van der Waals surface area contributed by atoms with Crippen molar-refractivity contribution < 1.29 is 22.4 Å². The molecule has 152 valence electrons. The zero-order valence-electron chi connectivity index (χ0n) is 16.6. The van der Waals surface area contributed by atoms with Crippen molar-refractivity contribution in [2.45, 2.75) is 43.9 Å². The Hall–Kier alpha value is -2.61. The van der Waals surface area contributed by atoms with E-state index in [0.717, 1.165) is 0 Å². The summed E-state index contributed by atoms with van der Waals surface area (Å²) in [6.07, 6.45) is 0. The summed E-state index contributed by atoms with van der Waals surface area (Å²) < 4.78 is 30.3. The fraction of sp³-hybridized carbons (Fsp3) is 0.400. The monoisotopic (exact) mass is 406 g/mol. The number of rotatable bonds is 7. The molecule has 2 aromatic rings. The highest BCUT2D eigenvalue weighted by Crippen LogP contribution is 2.19. The molecule has 8 heteroatoms. The summed E-state index contributed by atoms with van der Waals surface area (Å²) in [6, 6.07) is 10.9. The summed E-state index contributed by atoms with van der Waals surface area (Å²) in [5.74, 6) is -0.914. The first kappa shape index (κ1) is 21.7. The number of furan rings is 1. The van der Waals surface area contributed by atoms with Gasteiger partial charge in [0.25, 0.3) is 5.91 Å². The maximum atomic E-state index is 12.6. The molecule has 1 heterocycles. The van der Waals surface area contributed by atoms with E-state index < -0.39 is 21.3 Å². The van der Waals surface area contributed by atoms with Crippen LogP contribution >= 0.6 is 0 Å². The zero-order valence-corrected chi connectivity index (χ0v) is 17.4. The second kappa shape index (κ2) is 8.60. The van der Waals surface area contributed by atoms with Crippen molar-refractivity contribution in [2.24, 2.45) is 0 Å². The molecule has 0 saturated heterocycles. The van der Waals surface area contributed by atoms with E-state index in [0.29, 0.717) is 6.54 Å². The molecule has 0 aliphatic carbocycles. The number of hydrogen-bond acceptors (Lipinski definition) is 5. The third kappa shape index (κ3) is 5.95. The average molecular weight is 407 g/mol. The Morgan fingerprint density at radius 1 is 1.07 bits per heavy atom. The van der Waals surface area contributed by atoms with Crippen LogP contribution in [-0.2, 0) is 20.4 Å². The van der Waals surface area contributed by atoms with Gasteiger partial charge in [-0.25, -0.2) is 8.42 Å². The second-order valence-corrected chi connectivity index (χ2v) is 9.45. The van der Waals surface area contributed by atoms with Crippen LogP contribution in [-0.4, -0.2) is 43.8 Å². The van der Waals surface area contributed by atoms with Gasteiger partial charge in [-0.05, 0) is 52.0 Å². The lowest BCUT2D eigenvalue weighted by atomic mass is 10.1. The minimum absolute atomic E-state index is 0.00340. The van der Waals surface area contributed by atoms with Crippen LogP contribution in [0, 0.1) is 0 Å². The maximum Gasteiger partial charge on any atom is 0.290 e. The summed E-state index contributed by atoms with van der Waals surface area (Å²) in [5.41, 5.74) is -0.400. The van der Waals surface area contributed by atoms with Gasteiger partial charge >= 0.3 is 0 Å². The molecule has 0 bridgehead atoms. The number of likely N-dealkylation sites (N-methyl/N-ethyl adjacent to an activating group) is 1. The van der Waals surface area contributed by atoms with Crippen LogP contribution in [0.3, 0.4) is 0 Å². The molecule has 28 heavy (non-hydrogen) atoms. The SMILES string of the molecule is CCN(CC(=O)NC(C)(C)C)C(=O)c1ccc(CS(=O)(=O)c2ccccc2)o1. The smallest absolute Gasteiger partial charge is 0.290 e. The van der Waals surface area contributed by atoms with E-state index in [1.807, 2.05) is 20.8 Å². The molecule has 1 aromatic carbocycles. The molecule has 7 nitrogen and oxygen atoms in total. The molecule has 0 saturated carbocycles. The van der Waals surface area contributed by atoms with E-state index >= 15 is 0 Å². The molecule has 1 aromatic heterocycles. The van der Waals surface area contributed by atoms with E-state index in [1.54, 1.807) is 25.1 Å². The highest BCUT2D eigenvalue weighted by Gasteiger charge is 2.24. The third-order valence-corrected chi connectivity index (χ3v) is 5.48. The molecule has 0 fully saturated rings. The van der Waals surface area contributed by atoms with Gasteiger partial charge in [-0.3, -0.25) is 9.59 Å². The number of carbonyl (C=O) groups is 2. The van der Waals surface area contributed by atoms with E-state index in [9.17, 15) is 18.0 Å². The fourth-order valence-electron chi connectivity index (χ4n) is 2.58. The fourth-order valence-corrected chi connectivity index (χ4v) is 3.85. The van der Waals surface area contributed by atoms with Crippen LogP contribution in [0.15, 0.2) is 51.8 Å². The third-order valence-electron chi connectivity index (χ3n) is 3.82. The number of amides is 2. The highest BCUT2D eigenvalue weighted by molar-refractivity contribution is 7.90. The van der Waals surface area contributed by atoms with Crippen molar-refractivity contribution in [3.8, 4) is 0 Å². The Balaban J connectivity index is 2.09. The Morgan fingerprint density at radius 2 is 1.71 bits per heavy atom. The normalized spacial score (nSPS) is 11.9. The first-order chi connectivity index (χ1) is 13.0. The molecule has 0 atom stereocenters. The Morgan fingerprint density at radius 3 is 2.29 bits per heavy atom. The van der Waals surface area contributed by atoms with Gasteiger partial charge in [0.15, 0.2) is 15.6 Å². The first-order valence-corrected chi connectivity index (χ1v) is 10.6. The van der Waals surface area contributed by atoms with E-state index in [1.165, 1.54) is 29.2 Å². The van der Waals surface area contributed by atoms with Crippen LogP contribution < -0.4 is 5.32 Å². The van der Waals surface area contributed by atoms with Crippen molar-refractivity contribution >= 4 is 21.7 Å². The lowest BCUT2D eigenvalue weighted by molar-refractivity contribution is -0.123. The van der Waals surface area contributed by atoms with Gasteiger partial charge in [0, 0.05) is 12.1 Å². The van der Waals surface area contributed by atoms with Crippen LogP contribution in [0.25, 0.3) is 0 Å². The molecular formula is C20H26N2O5S. The van der Waals surface area contributed by atoms with Crippen molar-refractivity contribution in [2.75, 3.05) is 13.1 Å². The highest BCUT2D eigenvalue weighted by atomic mass is 32.2. The van der Waals surface area contributed by atoms with Crippen molar-refractivity contribution in [1.82, 2.24) is 10.2 Å². The maximum absolute atomic E-state index is 12.6. The molecule has 0 aliphatic rings. The molecule has 0 aliphatic heterocycles. The number of nitrogens with zero attached hydrogens (tertiary/aromatic N) is 1. The van der Waals surface area contributed by atoms with Gasteiger partial charge in [0.2, 0.25) is 5.91 Å². The largest absolute Gasteiger partial charge is 0.455 e. The minimum atomic E-state index is -3.57. The summed E-state index contributed by atoms with van der Waals surface area (Å²) in [5, 5.41) is 2.80. The van der Waals surface area contributed by atoms with Crippen molar-refractivity contribution in [3.63, 3.8) is 0 Å². The van der Waals surface area contributed by atoms with Crippen LogP contribution in [0.4, 0.5) is 0 Å². The van der Waals surface area contributed by atoms with E-state index in [4.69, 9.17) is 4.42 Å². The van der Waals surface area contributed by atoms with Crippen LogP contribution in [0.1, 0.15) is 44.0 Å². The predicted octanol–water partition coefficient (Wildman–Crippen LogP) is 2.63. The summed E-state index contributed by atoms with van der Waals surface area (Å²) in [7, 11) is -3.57. The summed E-state index contributed by atoms with van der Waals surface area (Å²) in [6.45, 7) is 7.53. The summed E-state index contributed by atoms with van der Waals surface area (Å²) >= 11 is 0. The number of nitrogens with one attached hydrogen (secondary N) is 1. The van der Waals surface area contributed by atoms with Crippen LogP contribution in [0.5, 0.6) is 0 Å². The van der Waals surface area contributed by atoms with E-state index in [-0.39, 0.29) is 34.6 Å². The lowest BCUT2D eigenvalue weighted by Gasteiger charge is -2.24. The molecule has 2 amide bonds. The minimum Gasteiger partial charge on any atom is -0.455 e. The average Bonchev–Trinajstić information content (AvgIpc) is 3.06. The first-order valence-electron chi connectivity index (χ1n) is 8.98.